The summed E-state index contributed by atoms with van der Waals surface area (Å²) in [5, 5.41) is 0. The lowest BCUT2D eigenvalue weighted by Crippen LogP contribution is -2.26. The third-order valence-electron chi connectivity index (χ3n) is 5.84. The zero-order valence-electron chi connectivity index (χ0n) is 18.9. The van der Waals surface area contributed by atoms with Crippen LogP contribution in [0.15, 0.2) is 83.9 Å². The van der Waals surface area contributed by atoms with Crippen molar-refractivity contribution < 1.29 is 8.42 Å². The number of nitrogens with zero attached hydrogens (tertiary/aromatic N) is 2. The van der Waals surface area contributed by atoms with Gasteiger partial charge in [0.05, 0.1) is 5.75 Å². The predicted molar refractivity (Wildman–Crippen MR) is 139 cm³/mol. The van der Waals surface area contributed by atoms with E-state index in [4.69, 9.17) is 4.99 Å². The van der Waals surface area contributed by atoms with Crippen molar-refractivity contribution in [2.45, 2.75) is 32.4 Å². The van der Waals surface area contributed by atoms with Crippen LogP contribution >= 0.6 is 12.4 Å². The summed E-state index contributed by atoms with van der Waals surface area (Å²) in [7, 11) is -1.16. The van der Waals surface area contributed by atoms with E-state index in [9.17, 15) is 8.42 Å². The van der Waals surface area contributed by atoms with Crippen molar-refractivity contribution in [3.05, 3.63) is 101 Å². The quantitative estimate of drug-likeness (QED) is 0.487. The lowest BCUT2D eigenvalue weighted by atomic mass is 9.95. The van der Waals surface area contributed by atoms with Crippen LogP contribution in [0.25, 0.3) is 0 Å². The van der Waals surface area contributed by atoms with Gasteiger partial charge in [-0.2, -0.15) is 0 Å². The number of halogens is 1. The Kier molecular flexibility index (Phi) is 8.16. The number of rotatable bonds is 7. The topological polar surface area (TPSA) is 61.8 Å². The number of amidine groups is 1. The Morgan fingerprint density at radius 3 is 2.30 bits per heavy atom. The Bertz CT molecular complexity index is 1200. The molecule has 1 atom stereocenters. The first-order chi connectivity index (χ1) is 15.4. The highest BCUT2D eigenvalue weighted by Crippen LogP contribution is 2.32. The Morgan fingerprint density at radius 1 is 0.939 bits per heavy atom. The molecule has 0 bridgehead atoms. The van der Waals surface area contributed by atoms with Gasteiger partial charge < -0.3 is 4.90 Å². The van der Waals surface area contributed by atoms with Gasteiger partial charge in [-0.3, -0.25) is 9.71 Å². The number of aliphatic imine (C=N–C) groups is 1. The summed E-state index contributed by atoms with van der Waals surface area (Å²) in [4.78, 5) is 7.45. The summed E-state index contributed by atoms with van der Waals surface area (Å²) < 4.78 is 26.1. The van der Waals surface area contributed by atoms with E-state index in [-0.39, 0.29) is 24.2 Å². The van der Waals surface area contributed by atoms with Crippen LogP contribution < -0.4 is 4.72 Å². The van der Waals surface area contributed by atoms with Crippen LogP contribution in [0.5, 0.6) is 0 Å². The van der Waals surface area contributed by atoms with Gasteiger partial charge in [0.25, 0.3) is 0 Å². The molecule has 1 unspecified atom stereocenters. The van der Waals surface area contributed by atoms with Gasteiger partial charge in [0.15, 0.2) is 0 Å². The van der Waals surface area contributed by atoms with Crippen molar-refractivity contribution in [1.29, 1.82) is 0 Å². The summed E-state index contributed by atoms with van der Waals surface area (Å²) in [5.41, 5.74) is 5.50. The molecule has 3 aromatic carbocycles. The lowest BCUT2D eigenvalue weighted by Gasteiger charge is -2.20. The van der Waals surface area contributed by atoms with Gasteiger partial charge in [0, 0.05) is 25.7 Å². The molecule has 174 valence electrons. The first-order valence-electron chi connectivity index (χ1n) is 10.9. The molecule has 33 heavy (non-hydrogen) atoms. The van der Waals surface area contributed by atoms with Gasteiger partial charge in [0.2, 0.25) is 10.0 Å². The van der Waals surface area contributed by atoms with Gasteiger partial charge in [-0.1, -0.05) is 66.7 Å². The molecule has 0 aliphatic carbocycles. The molecular weight excluding hydrogens is 454 g/mol. The van der Waals surface area contributed by atoms with E-state index in [1.165, 1.54) is 16.7 Å². The van der Waals surface area contributed by atoms with E-state index >= 15 is 0 Å². The minimum Gasteiger partial charge on any atom is -0.359 e. The van der Waals surface area contributed by atoms with Gasteiger partial charge >= 0.3 is 0 Å². The summed E-state index contributed by atoms with van der Waals surface area (Å²) in [6.07, 6.45) is 1.65. The molecule has 1 aliphatic heterocycles. The van der Waals surface area contributed by atoms with Gasteiger partial charge in [-0.25, -0.2) is 8.42 Å². The first-order valence-corrected chi connectivity index (χ1v) is 12.6. The number of aryl methyl sites for hydroxylation is 1. The smallest absolute Gasteiger partial charge is 0.232 e. The predicted octanol–water partition coefficient (Wildman–Crippen LogP) is 5.44. The molecule has 0 amide bonds. The minimum absolute atomic E-state index is 0. The molecule has 0 saturated heterocycles. The van der Waals surface area contributed by atoms with E-state index in [2.05, 4.69) is 65.2 Å². The van der Waals surface area contributed by atoms with E-state index < -0.39 is 10.0 Å². The molecular formula is C26H30ClN3O2S. The molecule has 0 fully saturated rings. The second kappa shape index (κ2) is 10.9. The van der Waals surface area contributed by atoms with Crippen LogP contribution in [0.3, 0.4) is 0 Å². The number of hydrogen-bond donors (Lipinski definition) is 1. The molecule has 4 rings (SSSR count). The molecule has 1 N–H and O–H groups in total. The average molecular weight is 484 g/mol. The number of sulfonamides is 1. The van der Waals surface area contributed by atoms with Crippen LogP contribution in [0.4, 0.5) is 5.69 Å². The fraction of sp³-hybridized carbons (Fsp3) is 0.269. The normalized spacial score (nSPS) is 15.6. The standard InChI is InChI=1S/C26H29N3O2S.ClH/c1-3-32(30,31)28-23-16-13-20(14-17-23)15-18-25-27-26(21-9-5-4-6-10-21)24-12-8-7-11-22(24)19-29(25)2;/h4-14,16-17,26,28H,3,15,18-19H2,1-2H3;1H. The van der Waals surface area contributed by atoms with Crippen LogP contribution in [-0.4, -0.2) is 32.0 Å². The third-order valence-corrected chi connectivity index (χ3v) is 7.14. The van der Waals surface area contributed by atoms with Crippen molar-refractivity contribution in [2.75, 3.05) is 17.5 Å². The highest BCUT2D eigenvalue weighted by molar-refractivity contribution is 7.92. The average Bonchev–Trinajstić information content (AvgIpc) is 2.95. The highest BCUT2D eigenvalue weighted by atomic mass is 35.5. The number of benzene rings is 3. The Hall–Kier alpha value is -2.83. The van der Waals surface area contributed by atoms with Crippen molar-refractivity contribution in [3.63, 3.8) is 0 Å². The van der Waals surface area contributed by atoms with E-state index in [0.29, 0.717) is 5.69 Å². The summed E-state index contributed by atoms with van der Waals surface area (Å²) >= 11 is 0. The van der Waals surface area contributed by atoms with E-state index in [1.54, 1.807) is 6.92 Å². The maximum Gasteiger partial charge on any atom is 0.232 e. The maximum atomic E-state index is 11.8. The van der Waals surface area contributed by atoms with Crippen molar-refractivity contribution >= 4 is 34.0 Å². The number of hydrogen-bond acceptors (Lipinski definition) is 4. The van der Waals surface area contributed by atoms with Gasteiger partial charge in [0.1, 0.15) is 11.9 Å². The lowest BCUT2D eigenvalue weighted by molar-refractivity contribution is 0.490. The molecule has 5 nitrogen and oxygen atoms in total. The molecule has 0 aromatic heterocycles. The van der Waals surface area contributed by atoms with Gasteiger partial charge in [-0.15, -0.1) is 12.4 Å². The molecule has 0 spiro atoms. The molecule has 0 saturated carbocycles. The van der Waals surface area contributed by atoms with Crippen LogP contribution in [0.1, 0.15) is 41.6 Å². The van der Waals surface area contributed by atoms with E-state index in [0.717, 1.165) is 30.8 Å². The Balaban J connectivity index is 0.00000306. The molecule has 3 aromatic rings. The van der Waals surface area contributed by atoms with Gasteiger partial charge in [-0.05, 0) is 47.7 Å². The summed E-state index contributed by atoms with van der Waals surface area (Å²) in [6.45, 7) is 2.46. The van der Waals surface area contributed by atoms with Crippen LogP contribution in [0, 0.1) is 0 Å². The second-order valence-electron chi connectivity index (χ2n) is 8.12. The highest BCUT2D eigenvalue weighted by Gasteiger charge is 2.23. The van der Waals surface area contributed by atoms with Crippen molar-refractivity contribution in [3.8, 4) is 0 Å². The SMILES string of the molecule is CCS(=O)(=O)Nc1ccc(CCC2=NC(c3ccccc3)c3ccccc3CN2C)cc1.Cl. The molecule has 0 radical (unpaired) electrons. The summed E-state index contributed by atoms with van der Waals surface area (Å²) in [6, 6.07) is 26.6. The summed E-state index contributed by atoms with van der Waals surface area (Å²) in [5.74, 6) is 1.14. The number of nitrogens with one attached hydrogen (secondary N) is 1. The fourth-order valence-electron chi connectivity index (χ4n) is 4.00. The van der Waals surface area contributed by atoms with Crippen molar-refractivity contribution in [1.82, 2.24) is 4.90 Å². The van der Waals surface area contributed by atoms with Crippen molar-refractivity contribution in [2.24, 2.45) is 4.99 Å². The van der Waals surface area contributed by atoms with E-state index in [1.807, 2.05) is 30.3 Å². The molecule has 1 aliphatic rings. The Morgan fingerprint density at radius 2 is 1.61 bits per heavy atom. The second-order valence-corrected chi connectivity index (χ2v) is 10.1. The maximum absolute atomic E-state index is 11.8. The monoisotopic (exact) mass is 483 g/mol. The zero-order chi connectivity index (χ0) is 22.6. The molecule has 7 heteroatoms. The minimum atomic E-state index is -3.26. The molecule has 1 heterocycles. The number of anilines is 1. The largest absolute Gasteiger partial charge is 0.359 e. The number of fused-ring (bicyclic) bond motifs is 1. The van der Waals surface area contributed by atoms with Crippen LogP contribution in [-0.2, 0) is 23.0 Å². The zero-order valence-corrected chi connectivity index (χ0v) is 20.6. The third kappa shape index (κ3) is 6.15. The first kappa shape index (κ1) is 24.8. The fourth-order valence-corrected chi connectivity index (χ4v) is 4.64. The van der Waals surface area contributed by atoms with Crippen LogP contribution in [0.2, 0.25) is 0 Å². The Labute approximate surface area is 203 Å².